The van der Waals surface area contributed by atoms with Crippen molar-refractivity contribution in [3.63, 3.8) is 0 Å². The summed E-state index contributed by atoms with van der Waals surface area (Å²) in [7, 11) is 0. The molecule has 0 radical (unpaired) electrons. The Morgan fingerprint density at radius 3 is 2.36 bits per heavy atom. The first kappa shape index (κ1) is 17.6. The summed E-state index contributed by atoms with van der Waals surface area (Å²) in [6.07, 6.45) is 0. The van der Waals surface area contributed by atoms with Crippen molar-refractivity contribution < 1.29 is 19.0 Å². The molecule has 1 heterocycles. The largest absolute Gasteiger partial charge is 0.322 e. The van der Waals surface area contributed by atoms with Crippen molar-refractivity contribution in [1.82, 2.24) is 0 Å². The van der Waals surface area contributed by atoms with Crippen LogP contribution in [-0.2, 0) is 11.3 Å². The number of benzene rings is 2. The Morgan fingerprint density at radius 1 is 1.00 bits per heavy atom. The first-order valence-electron chi connectivity index (χ1n) is 8.88. The van der Waals surface area contributed by atoms with Crippen molar-refractivity contribution >= 4 is 11.6 Å². The van der Waals surface area contributed by atoms with Crippen molar-refractivity contribution in [2.24, 2.45) is 0 Å². The second-order valence-electron chi connectivity index (χ2n) is 6.81. The predicted octanol–water partition coefficient (Wildman–Crippen LogP) is 0.0562. The Labute approximate surface area is 148 Å². The Morgan fingerprint density at radius 2 is 1.64 bits per heavy atom. The number of halogens is 1. The van der Waals surface area contributed by atoms with Gasteiger partial charge in [-0.2, -0.15) is 0 Å². The van der Waals surface area contributed by atoms with Crippen LogP contribution in [0.5, 0.6) is 0 Å². The van der Waals surface area contributed by atoms with Crippen LogP contribution >= 0.6 is 0 Å². The molecule has 0 bridgehead atoms. The lowest BCUT2D eigenvalue weighted by atomic mass is 10.1. The highest BCUT2D eigenvalue weighted by Gasteiger charge is 2.25. The fraction of sp³-hybridized carbons (Fsp3) is 0.350. The summed E-state index contributed by atoms with van der Waals surface area (Å²) in [5.41, 5.74) is 3.00. The molecule has 0 saturated carbocycles. The Hall–Kier alpha value is -2.24. The second-order valence-corrected chi connectivity index (χ2v) is 6.81. The van der Waals surface area contributed by atoms with Crippen molar-refractivity contribution in [3.8, 4) is 0 Å². The topological polar surface area (TPSA) is 38.0 Å². The van der Waals surface area contributed by atoms with Crippen LogP contribution in [0, 0.1) is 12.7 Å². The first-order valence-corrected chi connectivity index (χ1v) is 8.88. The zero-order valence-electron chi connectivity index (χ0n) is 14.6. The molecule has 0 unspecified atom stereocenters. The smallest absolute Gasteiger partial charge is 0.279 e. The average Bonchev–Trinajstić information content (AvgIpc) is 2.61. The van der Waals surface area contributed by atoms with E-state index in [2.05, 4.69) is 36.5 Å². The molecule has 2 aromatic rings. The summed E-state index contributed by atoms with van der Waals surface area (Å²) in [6, 6.07) is 14.8. The van der Waals surface area contributed by atoms with E-state index in [1.807, 2.05) is 0 Å². The molecule has 0 atom stereocenters. The standard InChI is InChI=1S/C20H24FN3O/c1-16-6-2-3-7-17(16)14-23-10-12-24(13-11-23)15-20(25)22-19-9-5-4-8-18(19)21/h2-9H,10-15H2,1H3,(H,22,25)/p+2. The number of piperazine rings is 1. The van der Waals surface area contributed by atoms with E-state index < -0.39 is 5.82 Å². The lowest BCUT2D eigenvalue weighted by molar-refractivity contribution is -1.02. The van der Waals surface area contributed by atoms with Crippen LogP contribution in [0.4, 0.5) is 10.1 Å². The van der Waals surface area contributed by atoms with Crippen LogP contribution in [0.25, 0.3) is 0 Å². The van der Waals surface area contributed by atoms with Crippen LogP contribution in [0.3, 0.4) is 0 Å². The third-order valence-electron chi connectivity index (χ3n) is 4.92. The molecule has 5 heteroatoms. The van der Waals surface area contributed by atoms with E-state index in [4.69, 9.17) is 0 Å². The average molecular weight is 343 g/mol. The van der Waals surface area contributed by atoms with Gasteiger partial charge in [0.15, 0.2) is 6.54 Å². The Balaban J connectivity index is 1.45. The van der Waals surface area contributed by atoms with Crippen molar-refractivity contribution in [2.75, 3.05) is 38.0 Å². The number of nitrogens with one attached hydrogen (secondary N) is 3. The van der Waals surface area contributed by atoms with Gasteiger partial charge in [-0.15, -0.1) is 0 Å². The number of rotatable bonds is 5. The third kappa shape index (κ3) is 4.87. The minimum absolute atomic E-state index is 0.123. The number of carbonyl (C=O) groups is 1. The van der Waals surface area contributed by atoms with Gasteiger partial charge in [-0.1, -0.05) is 36.4 Å². The molecular formula is C20H26FN3O+2. The van der Waals surface area contributed by atoms with Gasteiger partial charge >= 0.3 is 0 Å². The van der Waals surface area contributed by atoms with Gasteiger partial charge in [0.25, 0.3) is 5.91 Å². The fourth-order valence-corrected chi connectivity index (χ4v) is 3.37. The molecule has 1 fully saturated rings. The quantitative estimate of drug-likeness (QED) is 0.706. The summed E-state index contributed by atoms with van der Waals surface area (Å²) in [5.74, 6) is -0.513. The van der Waals surface area contributed by atoms with Gasteiger partial charge in [0, 0.05) is 5.56 Å². The minimum atomic E-state index is -0.390. The summed E-state index contributed by atoms with van der Waals surface area (Å²) in [5, 5.41) is 2.67. The van der Waals surface area contributed by atoms with Gasteiger partial charge in [0.1, 0.15) is 38.5 Å². The van der Waals surface area contributed by atoms with E-state index in [0.29, 0.717) is 6.54 Å². The maximum absolute atomic E-state index is 13.6. The van der Waals surface area contributed by atoms with Crippen LogP contribution in [0.1, 0.15) is 11.1 Å². The van der Waals surface area contributed by atoms with Gasteiger partial charge < -0.3 is 15.1 Å². The molecule has 3 rings (SSSR count). The molecular weight excluding hydrogens is 317 g/mol. The maximum Gasteiger partial charge on any atom is 0.279 e. The highest BCUT2D eigenvalue weighted by atomic mass is 19.1. The molecule has 25 heavy (non-hydrogen) atoms. The van der Waals surface area contributed by atoms with Gasteiger partial charge in [-0.05, 0) is 24.6 Å². The highest BCUT2D eigenvalue weighted by Crippen LogP contribution is 2.11. The maximum atomic E-state index is 13.6. The number of quaternary nitrogens is 2. The van der Waals surface area contributed by atoms with Gasteiger partial charge in [-0.25, -0.2) is 4.39 Å². The summed E-state index contributed by atoms with van der Waals surface area (Å²) < 4.78 is 13.6. The van der Waals surface area contributed by atoms with Gasteiger partial charge in [0.2, 0.25) is 0 Å². The van der Waals surface area contributed by atoms with E-state index in [-0.39, 0.29) is 11.6 Å². The second kappa shape index (κ2) is 8.23. The normalized spacial score (nSPS) is 20.2. The monoisotopic (exact) mass is 343 g/mol. The molecule has 1 aliphatic heterocycles. The lowest BCUT2D eigenvalue weighted by Crippen LogP contribution is -3.28. The van der Waals surface area contributed by atoms with Gasteiger partial charge in [0.05, 0.1) is 5.69 Å². The predicted molar refractivity (Wildman–Crippen MR) is 96.2 cm³/mol. The summed E-state index contributed by atoms with van der Waals surface area (Å²) in [6.45, 7) is 7.63. The molecule has 1 saturated heterocycles. The molecule has 4 nitrogen and oxygen atoms in total. The molecule has 132 valence electrons. The zero-order chi connectivity index (χ0) is 17.6. The molecule has 0 aromatic heterocycles. The van der Waals surface area contributed by atoms with E-state index in [9.17, 15) is 9.18 Å². The Kier molecular flexibility index (Phi) is 5.79. The lowest BCUT2D eigenvalue weighted by Gasteiger charge is -2.29. The zero-order valence-corrected chi connectivity index (χ0v) is 14.6. The number of amides is 1. The molecule has 1 amide bonds. The van der Waals surface area contributed by atoms with E-state index in [1.165, 1.54) is 22.1 Å². The van der Waals surface area contributed by atoms with E-state index in [0.717, 1.165) is 32.7 Å². The number of carbonyl (C=O) groups excluding carboxylic acids is 1. The first-order chi connectivity index (χ1) is 12.1. The fourth-order valence-electron chi connectivity index (χ4n) is 3.37. The van der Waals surface area contributed by atoms with Crippen LogP contribution in [0.2, 0.25) is 0 Å². The molecule has 0 aliphatic carbocycles. The molecule has 3 N–H and O–H groups in total. The van der Waals surface area contributed by atoms with E-state index in [1.54, 1.807) is 23.1 Å². The SMILES string of the molecule is Cc1ccccc1C[NH+]1CC[NH+](CC(=O)Nc2ccccc2F)CC1. The number of hydrogen-bond donors (Lipinski definition) is 3. The van der Waals surface area contributed by atoms with Crippen molar-refractivity contribution in [3.05, 3.63) is 65.5 Å². The summed E-state index contributed by atoms with van der Waals surface area (Å²) in [4.78, 5) is 15.0. The van der Waals surface area contributed by atoms with Crippen molar-refractivity contribution in [2.45, 2.75) is 13.5 Å². The third-order valence-corrected chi connectivity index (χ3v) is 4.92. The highest BCUT2D eigenvalue weighted by molar-refractivity contribution is 5.91. The Bertz CT molecular complexity index is 726. The molecule has 0 spiro atoms. The van der Waals surface area contributed by atoms with Crippen molar-refractivity contribution in [1.29, 1.82) is 0 Å². The molecule has 1 aliphatic rings. The molecule has 2 aromatic carbocycles. The van der Waals surface area contributed by atoms with Crippen LogP contribution in [0.15, 0.2) is 48.5 Å². The number of hydrogen-bond acceptors (Lipinski definition) is 1. The van der Waals surface area contributed by atoms with Crippen LogP contribution < -0.4 is 15.1 Å². The number of para-hydroxylation sites is 1. The van der Waals surface area contributed by atoms with E-state index >= 15 is 0 Å². The number of aryl methyl sites for hydroxylation is 1. The summed E-state index contributed by atoms with van der Waals surface area (Å²) >= 11 is 0. The van der Waals surface area contributed by atoms with Crippen LogP contribution in [-0.4, -0.2) is 38.6 Å². The number of anilines is 1. The van der Waals surface area contributed by atoms with Gasteiger partial charge in [-0.3, -0.25) is 4.79 Å². The minimum Gasteiger partial charge on any atom is -0.322 e.